The molecule has 1 saturated heterocycles. The van der Waals surface area contributed by atoms with E-state index in [1.807, 2.05) is 30.4 Å². The van der Waals surface area contributed by atoms with Gasteiger partial charge in [0.05, 0.1) is 15.9 Å². The molecule has 0 aliphatic carbocycles. The van der Waals surface area contributed by atoms with Gasteiger partial charge < -0.3 is 5.11 Å². The van der Waals surface area contributed by atoms with Crippen LogP contribution in [-0.4, -0.2) is 38.3 Å². The second-order valence-corrected chi connectivity index (χ2v) is 5.97. The number of likely N-dealkylation sites (tertiary alicyclic amines) is 1. The molecule has 1 fully saturated rings. The summed E-state index contributed by atoms with van der Waals surface area (Å²) in [6.07, 6.45) is 0.938. The van der Waals surface area contributed by atoms with Crippen LogP contribution in [0.3, 0.4) is 0 Å². The van der Waals surface area contributed by atoms with Gasteiger partial charge in [0.1, 0.15) is 6.04 Å². The quantitative estimate of drug-likeness (QED) is 0.920. The molecule has 1 aliphatic rings. The minimum atomic E-state index is -0.722. The second kappa shape index (κ2) is 5.63. The van der Waals surface area contributed by atoms with Gasteiger partial charge in [0.15, 0.2) is 0 Å². The van der Waals surface area contributed by atoms with Gasteiger partial charge in [-0.1, -0.05) is 6.92 Å². The van der Waals surface area contributed by atoms with Crippen LogP contribution in [0.15, 0.2) is 4.47 Å². The Balaban J connectivity index is 2.24. The molecule has 2 rings (SSSR count). The van der Waals surface area contributed by atoms with Gasteiger partial charge in [-0.3, -0.25) is 14.4 Å². The molecule has 0 aromatic carbocycles. The Labute approximate surface area is 121 Å². The Kier molecular flexibility index (Phi) is 4.30. The van der Waals surface area contributed by atoms with Gasteiger partial charge in [-0.25, -0.2) is 0 Å². The molecule has 0 saturated carbocycles. The molecule has 0 spiro atoms. The molecule has 0 bridgehead atoms. The van der Waals surface area contributed by atoms with Crippen molar-refractivity contribution in [3.8, 4) is 0 Å². The minimum absolute atomic E-state index is 0.204. The lowest BCUT2D eigenvalue weighted by atomic mass is 10.0. The van der Waals surface area contributed by atoms with E-state index in [9.17, 15) is 9.90 Å². The first-order chi connectivity index (χ1) is 8.95. The van der Waals surface area contributed by atoms with E-state index in [-0.39, 0.29) is 12.0 Å². The van der Waals surface area contributed by atoms with E-state index in [2.05, 4.69) is 21.0 Å². The summed E-state index contributed by atoms with van der Waals surface area (Å²) in [7, 11) is 0. The van der Waals surface area contributed by atoms with E-state index >= 15 is 0 Å². The average Bonchev–Trinajstić information content (AvgIpc) is 2.84. The summed E-state index contributed by atoms with van der Waals surface area (Å²) in [4.78, 5) is 13.4. The summed E-state index contributed by atoms with van der Waals surface area (Å²) in [5.41, 5.74) is 2.02. The molecule has 0 radical (unpaired) electrons. The van der Waals surface area contributed by atoms with Crippen molar-refractivity contribution in [3.05, 3.63) is 15.9 Å². The van der Waals surface area contributed by atoms with Crippen molar-refractivity contribution in [2.24, 2.45) is 5.92 Å². The Morgan fingerprint density at radius 1 is 1.58 bits per heavy atom. The van der Waals surface area contributed by atoms with Crippen LogP contribution in [0, 0.1) is 12.8 Å². The fraction of sp³-hybridized carbons (Fsp3) is 0.692. The lowest BCUT2D eigenvalue weighted by Crippen LogP contribution is -2.39. The molecule has 1 aliphatic heterocycles. The number of aryl methyl sites for hydroxylation is 2. The largest absolute Gasteiger partial charge is 0.480 e. The van der Waals surface area contributed by atoms with Gasteiger partial charge in [0, 0.05) is 13.1 Å². The van der Waals surface area contributed by atoms with Crippen LogP contribution in [0.4, 0.5) is 0 Å². The Bertz CT molecular complexity index is 486. The number of carboxylic acid groups (broad SMARTS) is 1. The van der Waals surface area contributed by atoms with Crippen LogP contribution in [0.2, 0.25) is 0 Å². The van der Waals surface area contributed by atoms with Gasteiger partial charge in [-0.15, -0.1) is 0 Å². The Morgan fingerprint density at radius 3 is 2.84 bits per heavy atom. The van der Waals surface area contributed by atoms with E-state index in [1.54, 1.807) is 0 Å². The van der Waals surface area contributed by atoms with Gasteiger partial charge in [0.25, 0.3) is 0 Å². The monoisotopic (exact) mass is 329 g/mol. The molecule has 106 valence electrons. The highest BCUT2D eigenvalue weighted by molar-refractivity contribution is 9.10. The van der Waals surface area contributed by atoms with Crippen molar-refractivity contribution < 1.29 is 9.90 Å². The number of hydrogen-bond donors (Lipinski definition) is 1. The fourth-order valence-corrected chi connectivity index (χ4v) is 3.23. The summed E-state index contributed by atoms with van der Waals surface area (Å²) in [5.74, 6) is -0.518. The molecular weight excluding hydrogens is 310 g/mol. The predicted molar refractivity (Wildman–Crippen MR) is 76.0 cm³/mol. The zero-order valence-corrected chi connectivity index (χ0v) is 13.1. The molecule has 2 heterocycles. The standard InChI is InChI=1S/C13H20BrN3O2/c1-4-17-10(11(14)9(3)15-17)7-16-6-5-8(2)12(16)13(18)19/h8,12H,4-7H2,1-3H3,(H,18,19). The number of aromatic nitrogens is 2. The SMILES string of the molecule is CCn1nc(C)c(Br)c1CN1CCC(C)C1C(=O)O. The van der Waals surface area contributed by atoms with Crippen LogP contribution in [0.5, 0.6) is 0 Å². The smallest absolute Gasteiger partial charge is 0.321 e. The maximum absolute atomic E-state index is 11.4. The fourth-order valence-electron chi connectivity index (χ4n) is 2.82. The highest BCUT2D eigenvalue weighted by atomic mass is 79.9. The maximum atomic E-state index is 11.4. The topological polar surface area (TPSA) is 58.4 Å². The van der Waals surface area contributed by atoms with Gasteiger partial charge >= 0.3 is 5.97 Å². The van der Waals surface area contributed by atoms with E-state index < -0.39 is 5.97 Å². The first-order valence-electron chi connectivity index (χ1n) is 6.64. The molecular formula is C13H20BrN3O2. The highest BCUT2D eigenvalue weighted by Gasteiger charge is 2.37. The van der Waals surface area contributed by atoms with E-state index in [0.717, 1.165) is 35.4 Å². The zero-order chi connectivity index (χ0) is 14.2. The van der Waals surface area contributed by atoms with Crippen molar-refractivity contribution in [2.45, 2.75) is 46.3 Å². The lowest BCUT2D eigenvalue weighted by molar-refractivity contribution is -0.143. The summed E-state index contributed by atoms with van der Waals surface area (Å²) >= 11 is 3.56. The van der Waals surface area contributed by atoms with E-state index in [1.165, 1.54) is 0 Å². The first kappa shape index (κ1) is 14.5. The lowest BCUT2D eigenvalue weighted by Gasteiger charge is -2.23. The molecule has 6 heteroatoms. The third kappa shape index (κ3) is 2.69. The molecule has 1 N–H and O–H groups in total. The molecule has 0 amide bonds. The number of nitrogens with zero attached hydrogens (tertiary/aromatic N) is 3. The minimum Gasteiger partial charge on any atom is -0.480 e. The number of hydrogen-bond acceptors (Lipinski definition) is 3. The normalized spacial score (nSPS) is 24.0. The van der Waals surface area contributed by atoms with Crippen molar-refractivity contribution in [1.82, 2.24) is 14.7 Å². The van der Waals surface area contributed by atoms with Gasteiger partial charge in [-0.05, 0) is 48.7 Å². The average molecular weight is 330 g/mol. The number of rotatable bonds is 4. The Morgan fingerprint density at radius 2 is 2.26 bits per heavy atom. The van der Waals surface area contributed by atoms with Crippen molar-refractivity contribution in [3.63, 3.8) is 0 Å². The predicted octanol–water partition coefficient (Wildman–Crippen LogP) is 2.27. The van der Waals surface area contributed by atoms with Crippen molar-refractivity contribution in [2.75, 3.05) is 6.54 Å². The molecule has 2 atom stereocenters. The zero-order valence-electron chi connectivity index (χ0n) is 11.6. The van der Waals surface area contributed by atoms with Crippen LogP contribution >= 0.6 is 15.9 Å². The third-order valence-corrected chi connectivity index (χ3v) is 4.89. The highest BCUT2D eigenvalue weighted by Crippen LogP contribution is 2.29. The van der Waals surface area contributed by atoms with Crippen LogP contribution < -0.4 is 0 Å². The van der Waals surface area contributed by atoms with E-state index in [4.69, 9.17) is 0 Å². The van der Waals surface area contributed by atoms with Crippen LogP contribution in [-0.2, 0) is 17.9 Å². The summed E-state index contributed by atoms with van der Waals surface area (Å²) < 4.78 is 2.94. The maximum Gasteiger partial charge on any atom is 0.321 e. The first-order valence-corrected chi connectivity index (χ1v) is 7.43. The third-order valence-electron chi connectivity index (χ3n) is 3.86. The van der Waals surface area contributed by atoms with E-state index in [0.29, 0.717) is 6.54 Å². The number of carbonyl (C=O) groups is 1. The number of aliphatic carboxylic acids is 1. The van der Waals surface area contributed by atoms with Gasteiger partial charge in [0.2, 0.25) is 0 Å². The van der Waals surface area contributed by atoms with Crippen LogP contribution in [0.1, 0.15) is 31.7 Å². The molecule has 19 heavy (non-hydrogen) atoms. The number of halogens is 1. The molecule has 5 nitrogen and oxygen atoms in total. The molecule has 1 aromatic heterocycles. The Hall–Kier alpha value is -0.880. The summed E-state index contributed by atoms with van der Waals surface area (Å²) in [6, 6.07) is -0.382. The van der Waals surface area contributed by atoms with Crippen molar-refractivity contribution in [1.29, 1.82) is 0 Å². The van der Waals surface area contributed by atoms with Crippen molar-refractivity contribution >= 4 is 21.9 Å². The van der Waals surface area contributed by atoms with Gasteiger partial charge in [-0.2, -0.15) is 5.10 Å². The van der Waals surface area contributed by atoms with Crippen LogP contribution in [0.25, 0.3) is 0 Å². The second-order valence-electron chi connectivity index (χ2n) is 5.18. The summed E-state index contributed by atoms with van der Waals surface area (Å²) in [5, 5.41) is 13.8. The number of carboxylic acids is 1. The molecule has 2 unspecified atom stereocenters. The molecule has 1 aromatic rings. The summed E-state index contributed by atoms with van der Waals surface area (Å²) in [6.45, 7) is 8.28.